The summed E-state index contributed by atoms with van der Waals surface area (Å²) in [5, 5.41) is 8.22. The number of benzene rings is 1. The number of carbonyl (C=O) groups excluding carboxylic acids is 1. The summed E-state index contributed by atoms with van der Waals surface area (Å²) in [6, 6.07) is 8.10. The molecular formula is C16H18N2O3S. The van der Waals surface area contributed by atoms with E-state index in [1.165, 1.54) is 17.3 Å². The van der Waals surface area contributed by atoms with Gasteiger partial charge in [-0.3, -0.25) is 4.79 Å². The molecule has 0 spiro atoms. The van der Waals surface area contributed by atoms with Crippen LogP contribution in [0, 0.1) is 0 Å². The Bertz CT molecular complexity index is 673. The Morgan fingerprint density at radius 1 is 1.18 bits per heavy atom. The summed E-state index contributed by atoms with van der Waals surface area (Å²) in [5.74, 6) is 0.258. The van der Waals surface area contributed by atoms with Crippen LogP contribution in [0.3, 0.4) is 0 Å². The molecule has 1 aliphatic rings. The summed E-state index contributed by atoms with van der Waals surface area (Å²) in [6.07, 6.45) is 0.682. The van der Waals surface area contributed by atoms with E-state index in [1.807, 2.05) is 12.1 Å². The first kappa shape index (κ1) is 15.1. The van der Waals surface area contributed by atoms with Crippen LogP contribution >= 0.6 is 11.8 Å². The van der Waals surface area contributed by atoms with E-state index in [9.17, 15) is 4.79 Å². The van der Waals surface area contributed by atoms with Gasteiger partial charge in [0.2, 0.25) is 5.89 Å². The van der Waals surface area contributed by atoms with Crippen LogP contribution in [0.4, 0.5) is 0 Å². The number of hydrogen-bond donors (Lipinski definition) is 0. The van der Waals surface area contributed by atoms with Crippen molar-refractivity contribution in [3.8, 4) is 11.5 Å². The van der Waals surface area contributed by atoms with Crippen molar-refractivity contribution in [3.05, 3.63) is 29.8 Å². The molecule has 1 aliphatic heterocycles. The fraction of sp³-hybridized carbons (Fsp3) is 0.438. The predicted molar refractivity (Wildman–Crippen MR) is 83.7 cm³/mol. The van der Waals surface area contributed by atoms with E-state index < -0.39 is 0 Å². The molecule has 6 heteroatoms. The number of carbonyl (C=O) groups is 1. The van der Waals surface area contributed by atoms with Crippen LogP contribution in [-0.2, 0) is 14.9 Å². The van der Waals surface area contributed by atoms with Gasteiger partial charge >= 0.3 is 5.97 Å². The van der Waals surface area contributed by atoms with E-state index in [2.05, 4.69) is 43.1 Å². The summed E-state index contributed by atoms with van der Waals surface area (Å²) in [6.45, 7) is 6.98. The maximum atomic E-state index is 11.5. The number of thioether (sulfide) groups is 1. The zero-order valence-electron chi connectivity index (χ0n) is 12.8. The molecule has 0 saturated carbocycles. The van der Waals surface area contributed by atoms with Crippen LogP contribution in [-0.4, -0.2) is 28.0 Å². The first-order valence-electron chi connectivity index (χ1n) is 7.21. The van der Waals surface area contributed by atoms with E-state index in [1.54, 1.807) is 0 Å². The molecule has 2 aromatic rings. The third-order valence-corrected chi connectivity index (χ3v) is 4.61. The van der Waals surface area contributed by atoms with Crippen LogP contribution in [0.15, 0.2) is 33.9 Å². The van der Waals surface area contributed by atoms with Gasteiger partial charge in [0.05, 0.1) is 6.61 Å². The number of aromatic nitrogens is 2. The molecule has 1 aromatic carbocycles. The second kappa shape index (κ2) is 5.76. The summed E-state index contributed by atoms with van der Waals surface area (Å²) in [4.78, 5) is 11.5. The molecule has 5 nitrogen and oxygen atoms in total. The lowest BCUT2D eigenvalue weighted by molar-refractivity contribution is -0.137. The van der Waals surface area contributed by atoms with Gasteiger partial charge in [-0.05, 0) is 34.9 Å². The lowest BCUT2D eigenvalue weighted by Gasteiger charge is -2.18. The van der Waals surface area contributed by atoms with Crippen molar-refractivity contribution in [2.45, 2.75) is 43.1 Å². The maximum Gasteiger partial charge on any atom is 0.319 e. The molecule has 1 fully saturated rings. The van der Waals surface area contributed by atoms with Gasteiger partial charge in [0.15, 0.2) is 0 Å². The van der Waals surface area contributed by atoms with Crippen LogP contribution < -0.4 is 0 Å². The number of nitrogens with zero attached hydrogens (tertiary/aromatic N) is 2. The highest BCUT2D eigenvalue weighted by molar-refractivity contribution is 8.00. The Kier molecular flexibility index (Phi) is 3.95. The fourth-order valence-corrected chi connectivity index (χ4v) is 3.03. The topological polar surface area (TPSA) is 65.2 Å². The number of hydrogen-bond acceptors (Lipinski definition) is 6. The van der Waals surface area contributed by atoms with E-state index in [0.29, 0.717) is 24.1 Å². The van der Waals surface area contributed by atoms with Crippen molar-refractivity contribution >= 4 is 17.7 Å². The average molecular weight is 318 g/mol. The van der Waals surface area contributed by atoms with Gasteiger partial charge in [0.1, 0.15) is 5.25 Å². The van der Waals surface area contributed by atoms with Gasteiger partial charge < -0.3 is 9.15 Å². The Labute approximate surface area is 133 Å². The van der Waals surface area contributed by atoms with Gasteiger partial charge in [-0.1, -0.05) is 32.9 Å². The third kappa shape index (κ3) is 3.16. The van der Waals surface area contributed by atoms with Crippen molar-refractivity contribution < 1.29 is 13.9 Å². The molecule has 22 heavy (non-hydrogen) atoms. The number of ether oxygens (including phenoxy) is 1. The third-order valence-electron chi connectivity index (χ3n) is 3.53. The Morgan fingerprint density at radius 3 is 2.50 bits per heavy atom. The molecule has 0 aliphatic carbocycles. The second-order valence-corrected chi connectivity index (χ2v) is 7.42. The molecule has 0 bridgehead atoms. The Hall–Kier alpha value is -1.82. The molecule has 0 radical (unpaired) electrons. The summed E-state index contributed by atoms with van der Waals surface area (Å²) in [5.41, 5.74) is 2.23. The largest absolute Gasteiger partial charge is 0.465 e. The normalized spacial score (nSPS) is 18.5. The molecule has 0 unspecified atom stereocenters. The van der Waals surface area contributed by atoms with Crippen molar-refractivity contribution in [2.24, 2.45) is 0 Å². The van der Waals surface area contributed by atoms with Crippen LogP contribution in [0.1, 0.15) is 32.8 Å². The standard InChI is InChI=1S/C16H18N2O3S/c1-16(2,3)11-6-4-10(5-7-11)13-17-18-15(21-13)22-12-8-9-20-14(12)19/h4-7,12H,8-9H2,1-3H3/t12-/m1/s1. The molecule has 1 aromatic heterocycles. The van der Waals surface area contributed by atoms with Gasteiger partial charge in [-0.15, -0.1) is 10.2 Å². The van der Waals surface area contributed by atoms with Crippen molar-refractivity contribution in [1.29, 1.82) is 0 Å². The zero-order valence-corrected chi connectivity index (χ0v) is 13.6. The molecule has 2 heterocycles. The van der Waals surface area contributed by atoms with Crippen LogP contribution in [0.25, 0.3) is 11.5 Å². The number of esters is 1. The maximum absolute atomic E-state index is 11.5. The van der Waals surface area contributed by atoms with E-state index in [4.69, 9.17) is 9.15 Å². The molecule has 3 rings (SSSR count). The highest BCUT2D eigenvalue weighted by Gasteiger charge is 2.29. The van der Waals surface area contributed by atoms with Gasteiger partial charge in [0.25, 0.3) is 5.22 Å². The number of cyclic esters (lactones) is 1. The minimum atomic E-state index is -0.239. The molecule has 0 N–H and O–H groups in total. The smallest absolute Gasteiger partial charge is 0.319 e. The van der Waals surface area contributed by atoms with Gasteiger partial charge in [-0.25, -0.2) is 0 Å². The molecule has 116 valence electrons. The lowest BCUT2D eigenvalue weighted by Crippen LogP contribution is -2.10. The number of rotatable bonds is 3. The van der Waals surface area contributed by atoms with Crippen LogP contribution in [0.5, 0.6) is 0 Å². The summed E-state index contributed by atoms with van der Waals surface area (Å²) in [7, 11) is 0. The fourth-order valence-electron chi connectivity index (χ4n) is 2.19. The first-order chi connectivity index (χ1) is 10.4. The molecular weight excluding hydrogens is 300 g/mol. The molecule has 0 amide bonds. The van der Waals surface area contributed by atoms with E-state index in [-0.39, 0.29) is 16.6 Å². The Morgan fingerprint density at radius 2 is 1.91 bits per heavy atom. The summed E-state index contributed by atoms with van der Waals surface area (Å²) < 4.78 is 10.6. The Balaban J connectivity index is 1.74. The predicted octanol–water partition coefficient (Wildman–Crippen LogP) is 3.44. The van der Waals surface area contributed by atoms with Gasteiger partial charge in [-0.2, -0.15) is 0 Å². The van der Waals surface area contributed by atoms with Gasteiger partial charge in [0, 0.05) is 12.0 Å². The minimum absolute atomic E-state index is 0.108. The second-order valence-electron chi connectivity index (χ2n) is 6.26. The minimum Gasteiger partial charge on any atom is -0.465 e. The average Bonchev–Trinajstić information content (AvgIpc) is 3.09. The van der Waals surface area contributed by atoms with E-state index in [0.717, 1.165) is 5.56 Å². The van der Waals surface area contributed by atoms with Crippen LogP contribution in [0.2, 0.25) is 0 Å². The summed E-state index contributed by atoms with van der Waals surface area (Å²) >= 11 is 1.27. The molecule has 1 saturated heterocycles. The van der Waals surface area contributed by atoms with Crippen molar-refractivity contribution in [3.63, 3.8) is 0 Å². The van der Waals surface area contributed by atoms with Crippen molar-refractivity contribution in [2.75, 3.05) is 6.61 Å². The quantitative estimate of drug-likeness (QED) is 0.808. The highest BCUT2D eigenvalue weighted by Crippen LogP contribution is 2.31. The first-order valence-corrected chi connectivity index (χ1v) is 8.09. The van der Waals surface area contributed by atoms with Crippen molar-refractivity contribution in [1.82, 2.24) is 10.2 Å². The zero-order chi connectivity index (χ0) is 15.7. The van der Waals surface area contributed by atoms with E-state index >= 15 is 0 Å². The monoisotopic (exact) mass is 318 g/mol. The molecule has 1 atom stereocenters. The highest BCUT2D eigenvalue weighted by atomic mass is 32.2. The lowest BCUT2D eigenvalue weighted by atomic mass is 9.87. The SMILES string of the molecule is CC(C)(C)c1ccc(-c2nnc(S[C@@H]3CCOC3=O)o2)cc1.